The molecule has 2 aromatic rings. The summed E-state index contributed by atoms with van der Waals surface area (Å²) in [5, 5.41) is 4.05. The first-order chi connectivity index (χ1) is 10.1. The highest BCUT2D eigenvalue weighted by Gasteiger charge is 2.23. The summed E-state index contributed by atoms with van der Waals surface area (Å²) in [6, 6.07) is 2.31. The minimum Gasteiger partial charge on any atom is -0.472 e. The molecule has 2 aromatic heterocycles. The Labute approximate surface area is 127 Å². The van der Waals surface area contributed by atoms with Gasteiger partial charge in [-0.1, -0.05) is 11.3 Å². The van der Waals surface area contributed by atoms with Crippen LogP contribution >= 0.6 is 11.3 Å². The molecule has 7 heteroatoms. The lowest BCUT2D eigenvalue weighted by atomic mass is 9.93. The molecule has 112 valence electrons. The van der Waals surface area contributed by atoms with Crippen molar-refractivity contribution in [2.45, 2.75) is 31.8 Å². The second kappa shape index (κ2) is 5.77. The number of amides is 1. The van der Waals surface area contributed by atoms with E-state index < -0.39 is 0 Å². The molecule has 1 aliphatic carbocycles. The van der Waals surface area contributed by atoms with Gasteiger partial charge in [0, 0.05) is 25.2 Å². The van der Waals surface area contributed by atoms with Gasteiger partial charge in [0.25, 0.3) is 5.91 Å². The van der Waals surface area contributed by atoms with Crippen molar-refractivity contribution in [3.63, 3.8) is 0 Å². The van der Waals surface area contributed by atoms with Crippen molar-refractivity contribution in [1.29, 1.82) is 0 Å². The van der Waals surface area contributed by atoms with E-state index in [1.807, 2.05) is 6.07 Å². The zero-order valence-corrected chi connectivity index (χ0v) is 12.7. The molecule has 0 unspecified atom stereocenters. The van der Waals surface area contributed by atoms with Crippen LogP contribution in [-0.2, 0) is 6.54 Å². The highest BCUT2D eigenvalue weighted by Crippen LogP contribution is 2.30. The fourth-order valence-electron chi connectivity index (χ4n) is 2.18. The van der Waals surface area contributed by atoms with Crippen LogP contribution in [0, 0.1) is 0 Å². The van der Waals surface area contributed by atoms with E-state index in [1.54, 1.807) is 24.5 Å². The standard InChI is InChI=1S/C14H18N4O2S/c1-18(7-9-5-6-20-8-9)13(19)11-12(15)17-14(21-11)16-10-3-2-4-10/h5-6,8,10H,2-4,7,15H2,1H3,(H,16,17). The maximum Gasteiger partial charge on any atom is 0.267 e. The van der Waals surface area contributed by atoms with Crippen LogP contribution in [-0.4, -0.2) is 28.9 Å². The van der Waals surface area contributed by atoms with E-state index in [4.69, 9.17) is 10.2 Å². The van der Waals surface area contributed by atoms with Crippen LogP contribution < -0.4 is 11.1 Å². The number of hydrogen-bond donors (Lipinski definition) is 2. The van der Waals surface area contributed by atoms with Gasteiger partial charge in [-0.3, -0.25) is 4.79 Å². The van der Waals surface area contributed by atoms with Crippen molar-refractivity contribution in [1.82, 2.24) is 9.88 Å². The smallest absolute Gasteiger partial charge is 0.267 e. The summed E-state index contributed by atoms with van der Waals surface area (Å²) in [5.74, 6) is 0.179. The first-order valence-corrected chi connectivity index (χ1v) is 7.74. The molecule has 2 heterocycles. The monoisotopic (exact) mass is 306 g/mol. The predicted molar refractivity (Wildman–Crippen MR) is 82.3 cm³/mol. The van der Waals surface area contributed by atoms with Gasteiger partial charge in [-0.2, -0.15) is 0 Å². The Balaban J connectivity index is 1.68. The lowest BCUT2D eigenvalue weighted by Crippen LogP contribution is -2.26. The quantitative estimate of drug-likeness (QED) is 0.887. The summed E-state index contributed by atoms with van der Waals surface area (Å²) in [7, 11) is 1.74. The third-order valence-electron chi connectivity index (χ3n) is 3.63. The average molecular weight is 306 g/mol. The third-order valence-corrected chi connectivity index (χ3v) is 4.62. The summed E-state index contributed by atoms with van der Waals surface area (Å²) in [4.78, 5) is 18.8. The molecule has 21 heavy (non-hydrogen) atoms. The molecular formula is C14H18N4O2S. The number of carbonyl (C=O) groups is 1. The number of furan rings is 1. The minimum absolute atomic E-state index is 0.118. The number of nitrogen functional groups attached to an aromatic ring is 1. The van der Waals surface area contributed by atoms with E-state index in [9.17, 15) is 4.79 Å². The van der Waals surface area contributed by atoms with Crippen LogP contribution in [0.3, 0.4) is 0 Å². The second-order valence-corrected chi connectivity index (χ2v) is 6.30. The Morgan fingerprint density at radius 1 is 1.62 bits per heavy atom. The van der Waals surface area contributed by atoms with E-state index in [1.165, 1.54) is 17.8 Å². The molecule has 6 nitrogen and oxygen atoms in total. The predicted octanol–water partition coefficient (Wildman–Crippen LogP) is 2.55. The summed E-state index contributed by atoms with van der Waals surface area (Å²) >= 11 is 1.32. The highest BCUT2D eigenvalue weighted by atomic mass is 32.1. The summed E-state index contributed by atoms with van der Waals surface area (Å²) < 4.78 is 5.01. The molecule has 0 atom stereocenters. The largest absolute Gasteiger partial charge is 0.472 e. The number of aromatic nitrogens is 1. The van der Waals surface area contributed by atoms with Crippen LogP contribution in [0.25, 0.3) is 0 Å². The molecule has 3 rings (SSSR count). The highest BCUT2D eigenvalue weighted by molar-refractivity contribution is 7.18. The Hall–Kier alpha value is -2.02. The van der Waals surface area contributed by atoms with Gasteiger partial charge in [0.2, 0.25) is 0 Å². The lowest BCUT2D eigenvalue weighted by Gasteiger charge is -2.25. The van der Waals surface area contributed by atoms with E-state index >= 15 is 0 Å². The zero-order chi connectivity index (χ0) is 14.8. The number of nitrogens with zero attached hydrogens (tertiary/aromatic N) is 2. The average Bonchev–Trinajstić information content (AvgIpc) is 3.03. The van der Waals surface area contributed by atoms with Gasteiger partial charge in [-0.15, -0.1) is 0 Å². The summed E-state index contributed by atoms with van der Waals surface area (Å²) in [5.41, 5.74) is 6.83. The van der Waals surface area contributed by atoms with Crippen molar-refractivity contribution in [2.24, 2.45) is 0 Å². The van der Waals surface area contributed by atoms with Crippen molar-refractivity contribution < 1.29 is 9.21 Å². The molecule has 1 aliphatic rings. The minimum atomic E-state index is -0.118. The first kappa shape index (κ1) is 13.9. The van der Waals surface area contributed by atoms with Crippen LogP contribution in [0.2, 0.25) is 0 Å². The third kappa shape index (κ3) is 3.02. The van der Waals surface area contributed by atoms with Crippen LogP contribution in [0.5, 0.6) is 0 Å². The molecule has 1 fully saturated rings. The van der Waals surface area contributed by atoms with Gasteiger partial charge in [-0.25, -0.2) is 4.98 Å². The number of thiazole rings is 1. The molecule has 0 radical (unpaired) electrons. The van der Waals surface area contributed by atoms with Gasteiger partial charge >= 0.3 is 0 Å². The molecule has 1 saturated carbocycles. The maximum atomic E-state index is 12.4. The Kier molecular flexibility index (Phi) is 3.83. The van der Waals surface area contributed by atoms with Gasteiger partial charge in [0.1, 0.15) is 10.7 Å². The van der Waals surface area contributed by atoms with E-state index in [-0.39, 0.29) is 5.91 Å². The topological polar surface area (TPSA) is 84.4 Å². The zero-order valence-electron chi connectivity index (χ0n) is 11.8. The fraction of sp³-hybridized carbons (Fsp3) is 0.429. The molecule has 0 saturated heterocycles. The molecular weight excluding hydrogens is 288 g/mol. The lowest BCUT2D eigenvalue weighted by molar-refractivity contribution is 0.0790. The molecule has 1 amide bonds. The number of rotatable bonds is 5. The second-order valence-electron chi connectivity index (χ2n) is 5.30. The van der Waals surface area contributed by atoms with Crippen molar-refractivity contribution in [3.05, 3.63) is 29.0 Å². The van der Waals surface area contributed by atoms with Crippen molar-refractivity contribution in [2.75, 3.05) is 18.1 Å². The van der Waals surface area contributed by atoms with E-state index in [0.717, 1.165) is 23.5 Å². The summed E-state index contributed by atoms with van der Waals surface area (Å²) in [6.45, 7) is 0.484. The molecule has 0 aliphatic heterocycles. The number of hydrogen-bond acceptors (Lipinski definition) is 6. The van der Waals surface area contributed by atoms with Crippen molar-refractivity contribution >= 4 is 28.2 Å². The van der Waals surface area contributed by atoms with Gasteiger partial charge < -0.3 is 20.4 Å². The number of anilines is 2. The Morgan fingerprint density at radius 3 is 3.05 bits per heavy atom. The number of nitrogens with two attached hydrogens (primary N) is 1. The summed E-state index contributed by atoms with van der Waals surface area (Å²) in [6.07, 6.45) is 6.78. The van der Waals surface area contributed by atoms with E-state index in [2.05, 4.69) is 10.3 Å². The van der Waals surface area contributed by atoms with E-state index in [0.29, 0.717) is 23.3 Å². The first-order valence-electron chi connectivity index (χ1n) is 6.93. The molecule has 0 spiro atoms. The maximum absolute atomic E-state index is 12.4. The molecule has 0 bridgehead atoms. The van der Waals surface area contributed by atoms with Gasteiger partial charge in [0.15, 0.2) is 5.13 Å². The number of carbonyl (C=O) groups excluding carboxylic acids is 1. The van der Waals surface area contributed by atoms with Gasteiger partial charge in [-0.05, 0) is 25.3 Å². The SMILES string of the molecule is CN(Cc1ccoc1)C(=O)c1sc(NC2CCC2)nc1N. The molecule has 0 aromatic carbocycles. The number of nitrogens with one attached hydrogen (secondary N) is 1. The van der Waals surface area contributed by atoms with Crippen molar-refractivity contribution in [3.8, 4) is 0 Å². The van der Waals surface area contributed by atoms with Crippen LogP contribution in [0.15, 0.2) is 23.0 Å². The molecule has 3 N–H and O–H groups in total. The normalized spacial score (nSPS) is 14.7. The Morgan fingerprint density at radius 2 is 2.43 bits per heavy atom. The van der Waals surface area contributed by atoms with Crippen LogP contribution in [0.4, 0.5) is 10.9 Å². The Bertz CT molecular complexity index is 619. The fourth-order valence-corrected chi connectivity index (χ4v) is 3.13. The van der Waals surface area contributed by atoms with Crippen LogP contribution in [0.1, 0.15) is 34.5 Å². The van der Waals surface area contributed by atoms with Gasteiger partial charge in [0.05, 0.1) is 12.5 Å².